The molecule has 0 atom stereocenters. The fourth-order valence-corrected chi connectivity index (χ4v) is 2.47. The van der Waals surface area contributed by atoms with Crippen LogP contribution >= 0.6 is 0 Å². The molecule has 0 unspecified atom stereocenters. The average Bonchev–Trinajstić information content (AvgIpc) is 2.43. The van der Waals surface area contributed by atoms with Gasteiger partial charge in [-0.05, 0) is 44.0 Å². The Morgan fingerprint density at radius 3 is 2.33 bits per heavy atom. The molecule has 0 aliphatic rings. The lowest BCUT2D eigenvalue weighted by molar-refractivity contribution is 0.0602. The van der Waals surface area contributed by atoms with Crippen LogP contribution in [0.3, 0.4) is 0 Å². The van der Waals surface area contributed by atoms with Crippen molar-refractivity contribution >= 4 is 23.0 Å². The molecule has 2 aromatic carbocycles. The third kappa shape index (κ3) is 2.99. The minimum absolute atomic E-state index is 0.366. The summed E-state index contributed by atoms with van der Waals surface area (Å²) >= 11 is 0. The van der Waals surface area contributed by atoms with Gasteiger partial charge in [0.2, 0.25) is 0 Å². The van der Waals surface area contributed by atoms with Crippen molar-refractivity contribution in [1.82, 2.24) is 0 Å². The first-order valence-corrected chi connectivity index (χ1v) is 6.75. The molecule has 4 nitrogen and oxygen atoms in total. The number of methoxy groups -OCH3 is 1. The van der Waals surface area contributed by atoms with E-state index < -0.39 is 5.97 Å². The summed E-state index contributed by atoms with van der Waals surface area (Å²) in [7, 11) is 1.34. The molecule has 0 heterocycles. The van der Waals surface area contributed by atoms with Gasteiger partial charge in [0.25, 0.3) is 0 Å². The number of hydrogen-bond donors (Lipinski definition) is 2. The standard InChI is InChI=1S/C17H20N2O2/c1-10-8-11(2)16(12(3)9-10)19-14-7-5-6-13(15(14)18)17(20)21-4/h5-9,19H,18H2,1-4H3. The monoisotopic (exact) mass is 284 g/mol. The maximum absolute atomic E-state index is 11.7. The van der Waals surface area contributed by atoms with Crippen LogP contribution in [0.25, 0.3) is 0 Å². The minimum atomic E-state index is -0.437. The second-order valence-electron chi connectivity index (χ2n) is 5.16. The van der Waals surface area contributed by atoms with Crippen molar-refractivity contribution < 1.29 is 9.53 Å². The number of para-hydroxylation sites is 1. The molecule has 0 amide bonds. The van der Waals surface area contributed by atoms with E-state index in [4.69, 9.17) is 10.5 Å². The Morgan fingerprint density at radius 1 is 1.14 bits per heavy atom. The van der Waals surface area contributed by atoms with Gasteiger partial charge in [-0.3, -0.25) is 0 Å². The number of esters is 1. The lowest BCUT2D eigenvalue weighted by Crippen LogP contribution is -2.08. The van der Waals surface area contributed by atoms with Crippen LogP contribution in [-0.2, 0) is 4.74 Å². The van der Waals surface area contributed by atoms with Crippen LogP contribution in [0.15, 0.2) is 30.3 Å². The number of ether oxygens (including phenoxy) is 1. The first kappa shape index (κ1) is 14.9. The lowest BCUT2D eigenvalue weighted by atomic mass is 10.0. The number of nitrogens with two attached hydrogens (primary N) is 1. The molecule has 110 valence electrons. The van der Waals surface area contributed by atoms with Crippen molar-refractivity contribution in [3.63, 3.8) is 0 Å². The summed E-state index contributed by atoms with van der Waals surface area (Å²) in [5.41, 5.74) is 12.0. The zero-order chi connectivity index (χ0) is 15.6. The molecule has 0 spiro atoms. The Kier molecular flexibility index (Phi) is 4.17. The zero-order valence-corrected chi connectivity index (χ0v) is 12.8. The van der Waals surface area contributed by atoms with Gasteiger partial charge in [0.15, 0.2) is 0 Å². The molecule has 21 heavy (non-hydrogen) atoms. The molecule has 0 aromatic heterocycles. The van der Waals surface area contributed by atoms with E-state index in [1.807, 2.05) is 19.9 Å². The molecular weight excluding hydrogens is 264 g/mol. The summed E-state index contributed by atoms with van der Waals surface area (Å²) in [6.07, 6.45) is 0. The largest absolute Gasteiger partial charge is 0.465 e. The van der Waals surface area contributed by atoms with Gasteiger partial charge >= 0.3 is 5.97 Å². The number of hydrogen-bond acceptors (Lipinski definition) is 4. The highest BCUT2D eigenvalue weighted by Crippen LogP contribution is 2.30. The van der Waals surface area contributed by atoms with E-state index in [0.717, 1.165) is 16.8 Å². The van der Waals surface area contributed by atoms with Crippen LogP contribution in [0.2, 0.25) is 0 Å². The SMILES string of the molecule is COC(=O)c1cccc(Nc2c(C)cc(C)cc2C)c1N. The third-order valence-electron chi connectivity index (χ3n) is 3.45. The van der Waals surface area contributed by atoms with Crippen LogP contribution in [0.5, 0.6) is 0 Å². The van der Waals surface area contributed by atoms with Gasteiger partial charge in [-0.25, -0.2) is 4.79 Å². The summed E-state index contributed by atoms with van der Waals surface area (Å²) in [5.74, 6) is -0.437. The molecule has 0 aliphatic heterocycles. The Bertz CT molecular complexity index is 670. The van der Waals surface area contributed by atoms with Crippen molar-refractivity contribution in [2.45, 2.75) is 20.8 Å². The number of carbonyl (C=O) groups is 1. The summed E-state index contributed by atoms with van der Waals surface area (Å²) in [6, 6.07) is 9.50. The van der Waals surface area contributed by atoms with Gasteiger partial charge < -0.3 is 15.8 Å². The van der Waals surface area contributed by atoms with E-state index in [9.17, 15) is 4.79 Å². The number of nitrogens with one attached hydrogen (secondary N) is 1. The van der Waals surface area contributed by atoms with Gasteiger partial charge in [-0.15, -0.1) is 0 Å². The quantitative estimate of drug-likeness (QED) is 0.666. The Morgan fingerprint density at radius 2 is 1.76 bits per heavy atom. The highest BCUT2D eigenvalue weighted by molar-refractivity contribution is 5.99. The van der Waals surface area contributed by atoms with Crippen LogP contribution in [0.4, 0.5) is 17.1 Å². The molecular formula is C17H20N2O2. The summed E-state index contributed by atoms with van der Waals surface area (Å²) in [4.78, 5) is 11.7. The number of carbonyl (C=O) groups excluding carboxylic acids is 1. The van der Waals surface area contributed by atoms with Gasteiger partial charge in [0.1, 0.15) is 0 Å². The normalized spacial score (nSPS) is 10.3. The van der Waals surface area contributed by atoms with Crippen LogP contribution < -0.4 is 11.1 Å². The van der Waals surface area contributed by atoms with Crippen molar-refractivity contribution in [1.29, 1.82) is 0 Å². The van der Waals surface area contributed by atoms with Crippen LogP contribution in [0, 0.1) is 20.8 Å². The maximum atomic E-state index is 11.7. The van der Waals surface area contributed by atoms with E-state index in [-0.39, 0.29) is 0 Å². The smallest absolute Gasteiger partial charge is 0.340 e. The molecule has 0 saturated carbocycles. The summed E-state index contributed by atoms with van der Waals surface area (Å²) in [5, 5.41) is 3.32. The van der Waals surface area contributed by atoms with Gasteiger partial charge in [-0.1, -0.05) is 23.8 Å². The predicted octanol–water partition coefficient (Wildman–Crippen LogP) is 3.72. The van der Waals surface area contributed by atoms with Gasteiger partial charge in [0.05, 0.1) is 24.0 Å². The molecule has 3 N–H and O–H groups in total. The zero-order valence-electron chi connectivity index (χ0n) is 12.8. The summed E-state index contributed by atoms with van der Waals surface area (Å²) in [6.45, 7) is 6.15. The molecule has 0 radical (unpaired) electrons. The fraction of sp³-hybridized carbons (Fsp3) is 0.235. The Hall–Kier alpha value is -2.49. The van der Waals surface area contributed by atoms with Crippen LogP contribution in [0.1, 0.15) is 27.0 Å². The van der Waals surface area contributed by atoms with E-state index in [2.05, 4.69) is 24.4 Å². The Labute approximate surface area is 124 Å². The van der Waals surface area contributed by atoms with Crippen molar-refractivity contribution in [2.75, 3.05) is 18.2 Å². The van der Waals surface area contributed by atoms with Crippen molar-refractivity contribution in [3.8, 4) is 0 Å². The maximum Gasteiger partial charge on any atom is 0.340 e. The molecule has 0 aliphatic carbocycles. The highest BCUT2D eigenvalue weighted by atomic mass is 16.5. The molecule has 4 heteroatoms. The fourth-order valence-electron chi connectivity index (χ4n) is 2.47. The molecule has 2 rings (SSSR count). The molecule has 0 bridgehead atoms. The topological polar surface area (TPSA) is 64.3 Å². The number of anilines is 3. The van der Waals surface area contributed by atoms with E-state index in [1.54, 1.807) is 12.1 Å². The minimum Gasteiger partial charge on any atom is -0.465 e. The summed E-state index contributed by atoms with van der Waals surface area (Å²) < 4.78 is 4.74. The number of benzene rings is 2. The third-order valence-corrected chi connectivity index (χ3v) is 3.45. The number of nitrogen functional groups attached to an aromatic ring is 1. The molecule has 2 aromatic rings. The number of aryl methyl sites for hydroxylation is 3. The predicted molar refractivity (Wildman–Crippen MR) is 86.1 cm³/mol. The van der Waals surface area contributed by atoms with E-state index in [1.165, 1.54) is 12.7 Å². The first-order valence-electron chi connectivity index (χ1n) is 6.75. The van der Waals surface area contributed by atoms with Crippen molar-refractivity contribution in [2.24, 2.45) is 0 Å². The van der Waals surface area contributed by atoms with Crippen LogP contribution in [-0.4, -0.2) is 13.1 Å². The number of rotatable bonds is 3. The first-order chi connectivity index (χ1) is 9.93. The molecule has 0 saturated heterocycles. The lowest BCUT2D eigenvalue weighted by Gasteiger charge is -2.16. The van der Waals surface area contributed by atoms with Gasteiger partial charge in [0, 0.05) is 5.69 Å². The second-order valence-corrected chi connectivity index (χ2v) is 5.16. The van der Waals surface area contributed by atoms with E-state index in [0.29, 0.717) is 16.9 Å². The molecule has 0 fully saturated rings. The average molecular weight is 284 g/mol. The second kappa shape index (κ2) is 5.87. The Balaban J connectivity index is 2.44. The van der Waals surface area contributed by atoms with Gasteiger partial charge in [-0.2, -0.15) is 0 Å². The van der Waals surface area contributed by atoms with Crippen molar-refractivity contribution in [3.05, 3.63) is 52.6 Å². The van der Waals surface area contributed by atoms with E-state index >= 15 is 0 Å². The highest BCUT2D eigenvalue weighted by Gasteiger charge is 2.14.